The molecule has 0 aliphatic rings. The normalized spacial score (nSPS) is 11.5. The van der Waals surface area contributed by atoms with E-state index in [2.05, 4.69) is 4.12 Å². The van der Waals surface area contributed by atoms with Gasteiger partial charge in [0.2, 0.25) is 0 Å². The molecule has 6 N–H and O–H groups in total. The van der Waals surface area contributed by atoms with Gasteiger partial charge in [0.15, 0.2) is 0 Å². The summed E-state index contributed by atoms with van der Waals surface area (Å²) in [5.41, 5.74) is 0. The molecule has 11 heteroatoms. The fourth-order valence-electron chi connectivity index (χ4n) is 0.184. The summed E-state index contributed by atoms with van der Waals surface area (Å²) in [5, 5.41) is 0. The maximum Gasteiger partial charge on any atom is 0.665 e. The molecule has 0 aromatic heterocycles. The maximum atomic E-state index is 7.94. The van der Waals surface area contributed by atoms with Crippen molar-refractivity contribution >= 4 is 18.1 Å². The molecular formula is H6O7Si2Y2. The van der Waals surface area contributed by atoms with Crippen molar-refractivity contribution in [3.8, 4) is 0 Å². The van der Waals surface area contributed by atoms with E-state index in [0.29, 0.717) is 0 Å². The first-order valence-electron chi connectivity index (χ1n) is 1.75. The first-order chi connectivity index (χ1) is 3.71. The zero-order valence-electron chi connectivity index (χ0n) is 5.25. The fourth-order valence-corrected chi connectivity index (χ4v) is 1.65. The van der Waals surface area contributed by atoms with E-state index in [-0.39, 0.29) is 65.4 Å². The van der Waals surface area contributed by atoms with Gasteiger partial charge < -0.3 is 32.9 Å². The van der Waals surface area contributed by atoms with Gasteiger partial charge in [-0.05, 0) is 0 Å². The van der Waals surface area contributed by atoms with E-state index < -0.39 is 18.1 Å². The Morgan fingerprint density at radius 3 is 0.818 bits per heavy atom. The van der Waals surface area contributed by atoms with E-state index in [4.69, 9.17) is 28.8 Å². The monoisotopic (exact) mass is 352 g/mol. The Morgan fingerprint density at radius 1 is 0.636 bits per heavy atom. The van der Waals surface area contributed by atoms with E-state index >= 15 is 0 Å². The van der Waals surface area contributed by atoms with Gasteiger partial charge in [-0.15, -0.1) is 0 Å². The van der Waals surface area contributed by atoms with Crippen LogP contribution < -0.4 is 0 Å². The second-order valence-corrected chi connectivity index (χ2v) is 4.36. The summed E-state index contributed by atoms with van der Waals surface area (Å²) in [7, 11) is -9.96. The molecule has 0 saturated heterocycles. The molecular weight excluding hydrogens is 346 g/mol. The Balaban J connectivity index is -0.000000320. The molecule has 0 heterocycles. The zero-order chi connectivity index (χ0) is 7.71. The number of hydrogen-bond acceptors (Lipinski definition) is 7. The molecule has 2 radical (unpaired) electrons. The molecule has 0 saturated carbocycles. The van der Waals surface area contributed by atoms with Crippen molar-refractivity contribution in [2.75, 3.05) is 0 Å². The van der Waals surface area contributed by atoms with E-state index in [1.54, 1.807) is 0 Å². The van der Waals surface area contributed by atoms with Gasteiger partial charge in [0.1, 0.15) is 0 Å². The van der Waals surface area contributed by atoms with Crippen LogP contribution in [0.25, 0.3) is 0 Å². The molecule has 7 nitrogen and oxygen atoms in total. The molecule has 0 fully saturated rings. The van der Waals surface area contributed by atoms with Crippen LogP contribution in [-0.4, -0.2) is 46.9 Å². The van der Waals surface area contributed by atoms with Crippen LogP contribution in [-0.2, 0) is 69.5 Å². The Morgan fingerprint density at radius 2 is 0.818 bits per heavy atom. The third kappa shape index (κ3) is 19.0. The van der Waals surface area contributed by atoms with Crippen LogP contribution in [0.5, 0.6) is 0 Å². The molecule has 0 bridgehead atoms. The van der Waals surface area contributed by atoms with Gasteiger partial charge in [-0.2, -0.15) is 0 Å². The molecule has 0 aliphatic carbocycles. The molecule has 0 aromatic rings. The quantitative estimate of drug-likeness (QED) is 0.278. The molecule has 0 unspecified atom stereocenters. The Labute approximate surface area is 115 Å². The van der Waals surface area contributed by atoms with E-state index in [0.717, 1.165) is 0 Å². The van der Waals surface area contributed by atoms with Gasteiger partial charge in [0.05, 0.1) is 0 Å². The summed E-state index contributed by atoms with van der Waals surface area (Å²) in [4.78, 5) is 47.6. The summed E-state index contributed by atoms with van der Waals surface area (Å²) < 4.78 is 3.24. The van der Waals surface area contributed by atoms with Crippen molar-refractivity contribution in [2.45, 2.75) is 0 Å². The summed E-state index contributed by atoms with van der Waals surface area (Å²) in [5.74, 6) is 0. The predicted molar refractivity (Wildman–Crippen MR) is 25.9 cm³/mol. The molecule has 0 spiro atoms. The Kier molecular flexibility index (Phi) is 11.7. The van der Waals surface area contributed by atoms with Crippen molar-refractivity contribution in [3.63, 3.8) is 0 Å². The maximum absolute atomic E-state index is 7.94. The van der Waals surface area contributed by atoms with Gasteiger partial charge >= 0.3 is 18.1 Å². The smallest absolute Gasteiger partial charge is 0.368 e. The summed E-state index contributed by atoms with van der Waals surface area (Å²) >= 11 is 0. The second-order valence-electron chi connectivity index (χ2n) is 1.25. The van der Waals surface area contributed by atoms with Crippen LogP contribution in [0, 0.1) is 0 Å². The van der Waals surface area contributed by atoms with Crippen LogP contribution in [0.1, 0.15) is 0 Å². The minimum Gasteiger partial charge on any atom is -0.368 e. The first kappa shape index (κ1) is 19.0. The van der Waals surface area contributed by atoms with Crippen LogP contribution in [0.2, 0.25) is 0 Å². The standard InChI is InChI=1S/H6O7Si2.2Y/c1-8(2,3)7-9(4,5)6;;/h1-6H;;. The molecule has 11 heavy (non-hydrogen) atoms. The summed E-state index contributed by atoms with van der Waals surface area (Å²) in [6.07, 6.45) is 0. The molecule has 0 aliphatic heterocycles. The average molecular weight is 352 g/mol. The third-order valence-corrected chi connectivity index (χ3v) is 2.46. The molecule has 0 amide bonds. The number of hydrogen-bond donors (Lipinski definition) is 6. The van der Waals surface area contributed by atoms with Crippen LogP contribution in [0.3, 0.4) is 0 Å². The van der Waals surface area contributed by atoms with E-state index in [1.165, 1.54) is 0 Å². The zero-order valence-corrected chi connectivity index (χ0v) is 12.9. The van der Waals surface area contributed by atoms with E-state index in [1.807, 2.05) is 0 Å². The first-order valence-corrected chi connectivity index (χ1v) is 5.25. The largest absolute Gasteiger partial charge is 0.665 e. The molecule has 0 aromatic carbocycles. The van der Waals surface area contributed by atoms with Crippen molar-refractivity contribution in [1.29, 1.82) is 0 Å². The SMILES string of the molecule is O[Si](O)(O)O[Si](O)(O)O.[Y].[Y]. The third-order valence-electron chi connectivity index (χ3n) is 0.274. The Bertz CT molecular complexity index is 79.6. The van der Waals surface area contributed by atoms with E-state index in [9.17, 15) is 0 Å². The van der Waals surface area contributed by atoms with Crippen molar-refractivity contribution in [1.82, 2.24) is 0 Å². The second kappa shape index (κ2) is 6.76. The topological polar surface area (TPSA) is 131 Å². The van der Waals surface area contributed by atoms with Gasteiger partial charge in [0, 0.05) is 65.4 Å². The average Bonchev–Trinajstić information content (AvgIpc) is 1.14. The van der Waals surface area contributed by atoms with Crippen molar-refractivity contribution in [3.05, 3.63) is 0 Å². The molecule has 0 atom stereocenters. The van der Waals surface area contributed by atoms with Crippen molar-refractivity contribution in [2.24, 2.45) is 0 Å². The van der Waals surface area contributed by atoms with Gasteiger partial charge in [-0.3, -0.25) is 0 Å². The summed E-state index contributed by atoms with van der Waals surface area (Å²) in [6, 6.07) is 0. The molecule has 62 valence electrons. The van der Waals surface area contributed by atoms with Gasteiger partial charge in [-0.25, -0.2) is 0 Å². The Hall–Kier alpha value is 2.36. The van der Waals surface area contributed by atoms with Crippen molar-refractivity contribution < 1.29 is 98.3 Å². The minimum absolute atomic E-state index is 0. The van der Waals surface area contributed by atoms with Gasteiger partial charge in [0.25, 0.3) is 0 Å². The fraction of sp³-hybridized carbons (Fsp3) is 0. The van der Waals surface area contributed by atoms with Gasteiger partial charge in [-0.1, -0.05) is 0 Å². The van der Waals surface area contributed by atoms with Crippen LogP contribution in [0.4, 0.5) is 0 Å². The van der Waals surface area contributed by atoms with Crippen LogP contribution >= 0.6 is 0 Å². The summed E-state index contributed by atoms with van der Waals surface area (Å²) in [6.45, 7) is 0. The predicted octanol–water partition coefficient (Wildman–Crippen LogP) is -4.18. The number of rotatable bonds is 2. The van der Waals surface area contributed by atoms with Crippen LogP contribution in [0.15, 0.2) is 0 Å². The molecule has 0 rings (SSSR count). The minimum atomic E-state index is -4.98.